The van der Waals surface area contributed by atoms with Crippen LogP contribution >= 0.6 is 11.6 Å². The molecule has 1 fully saturated rings. The lowest BCUT2D eigenvalue weighted by atomic mass is 10.0. The van der Waals surface area contributed by atoms with Crippen molar-refractivity contribution in [3.8, 4) is 0 Å². The fraction of sp³-hybridized carbons (Fsp3) is 0.304. The first-order chi connectivity index (χ1) is 14.9. The van der Waals surface area contributed by atoms with Gasteiger partial charge in [0.25, 0.3) is 0 Å². The molecule has 0 bridgehead atoms. The number of piperazine rings is 1. The third-order valence-corrected chi connectivity index (χ3v) is 5.96. The van der Waals surface area contributed by atoms with Crippen molar-refractivity contribution in [3.05, 3.63) is 70.9 Å². The van der Waals surface area contributed by atoms with E-state index in [9.17, 15) is 19.8 Å². The van der Waals surface area contributed by atoms with Crippen molar-refractivity contribution in [3.63, 3.8) is 0 Å². The number of hydrogen-bond acceptors (Lipinski definition) is 4. The molecule has 162 valence electrons. The maximum absolute atomic E-state index is 12.3. The molecule has 0 radical (unpaired) electrons. The predicted octanol–water partition coefficient (Wildman–Crippen LogP) is 3.32. The van der Waals surface area contributed by atoms with Crippen LogP contribution in [0.3, 0.4) is 0 Å². The second-order valence-electron chi connectivity index (χ2n) is 7.81. The van der Waals surface area contributed by atoms with Gasteiger partial charge < -0.3 is 14.8 Å². The van der Waals surface area contributed by atoms with Crippen molar-refractivity contribution in [2.24, 2.45) is 0 Å². The Hall–Kier alpha value is -2.87. The molecule has 1 aliphatic rings. The van der Waals surface area contributed by atoms with E-state index in [4.69, 9.17) is 11.6 Å². The van der Waals surface area contributed by atoms with Gasteiger partial charge in [0.15, 0.2) is 0 Å². The highest BCUT2D eigenvalue weighted by atomic mass is 35.5. The monoisotopic (exact) mass is 441 g/mol. The van der Waals surface area contributed by atoms with Gasteiger partial charge in [0.1, 0.15) is 12.6 Å². The Morgan fingerprint density at radius 3 is 2.42 bits per heavy atom. The molecule has 1 aliphatic heterocycles. The first-order valence-electron chi connectivity index (χ1n) is 10.2. The highest BCUT2D eigenvalue weighted by Gasteiger charge is 2.32. The zero-order valence-corrected chi connectivity index (χ0v) is 17.7. The predicted molar refractivity (Wildman–Crippen MR) is 118 cm³/mol. The van der Waals surface area contributed by atoms with Crippen LogP contribution in [-0.2, 0) is 22.7 Å². The van der Waals surface area contributed by atoms with Gasteiger partial charge in [-0.15, -0.1) is 0 Å². The summed E-state index contributed by atoms with van der Waals surface area (Å²) in [6, 6.07) is 14.3. The topological polar surface area (TPSA) is 86.0 Å². The molecule has 31 heavy (non-hydrogen) atoms. The lowest BCUT2D eigenvalue weighted by Gasteiger charge is -2.37. The van der Waals surface area contributed by atoms with Crippen LogP contribution < -0.4 is 0 Å². The Balaban J connectivity index is 1.54. The van der Waals surface area contributed by atoms with E-state index >= 15 is 0 Å². The second kappa shape index (κ2) is 9.09. The number of nitrogens with zero attached hydrogens (tertiary/aromatic N) is 3. The Kier molecular flexibility index (Phi) is 6.27. The summed E-state index contributed by atoms with van der Waals surface area (Å²) < 4.78 is 1.61. The minimum absolute atomic E-state index is 0.208. The minimum atomic E-state index is -0.964. The maximum Gasteiger partial charge on any atom is 0.325 e. The van der Waals surface area contributed by atoms with Gasteiger partial charge in [0, 0.05) is 60.4 Å². The molecule has 2 heterocycles. The van der Waals surface area contributed by atoms with Gasteiger partial charge >= 0.3 is 11.9 Å². The smallest absolute Gasteiger partial charge is 0.325 e. The number of benzene rings is 2. The number of rotatable bonds is 7. The molecule has 8 heteroatoms. The van der Waals surface area contributed by atoms with Crippen molar-refractivity contribution >= 4 is 34.4 Å². The number of para-hydroxylation sites is 1. The maximum atomic E-state index is 12.3. The van der Waals surface area contributed by atoms with Gasteiger partial charge in [-0.3, -0.25) is 19.4 Å². The van der Waals surface area contributed by atoms with Gasteiger partial charge in [0.05, 0.1) is 0 Å². The lowest BCUT2D eigenvalue weighted by molar-refractivity contribution is -0.144. The van der Waals surface area contributed by atoms with Crippen LogP contribution in [0.4, 0.5) is 0 Å². The third-order valence-electron chi connectivity index (χ3n) is 5.72. The first-order valence-corrected chi connectivity index (χ1v) is 10.5. The van der Waals surface area contributed by atoms with E-state index in [0.29, 0.717) is 23.7 Å². The Bertz CT molecular complexity index is 1110. The first kappa shape index (κ1) is 21.4. The highest BCUT2D eigenvalue weighted by Crippen LogP contribution is 2.31. The summed E-state index contributed by atoms with van der Waals surface area (Å²) in [4.78, 5) is 27.8. The quantitative estimate of drug-likeness (QED) is 0.585. The van der Waals surface area contributed by atoms with E-state index in [1.165, 1.54) is 0 Å². The molecular formula is C23H24ClN3O4. The van der Waals surface area contributed by atoms with E-state index in [0.717, 1.165) is 36.1 Å². The molecule has 0 spiro atoms. The van der Waals surface area contributed by atoms with Gasteiger partial charge in [-0.25, -0.2) is 0 Å². The highest BCUT2D eigenvalue weighted by molar-refractivity contribution is 6.30. The minimum Gasteiger partial charge on any atom is -0.480 e. The number of aromatic nitrogens is 1. The molecule has 0 unspecified atom stereocenters. The van der Waals surface area contributed by atoms with E-state index in [2.05, 4.69) is 4.90 Å². The van der Waals surface area contributed by atoms with Gasteiger partial charge in [-0.1, -0.05) is 41.9 Å². The summed E-state index contributed by atoms with van der Waals surface area (Å²) in [6.45, 7) is 3.25. The fourth-order valence-corrected chi connectivity index (χ4v) is 4.54. The third kappa shape index (κ3) is 4.74. The largest absolute Gasteiger partial charge is 0.480 e. The fourth-order valence-electron chi connectivity index (χ4n) is 4.33. The number of carbonyl (C=O) groups is 2. The molecule has 1 atom stereocenters. The average Bonchev–Trinajstić information content (AvgIpc) is 3.07. The van der Waals surface area contributed by atoms with Crippen molar-refractivity contribution in [2.45, 2.75) is 19.1 Å². The zero-order chi connectivity index (χ0) is 22.0. The van der Waals surface area contributed by atoms with Gasteiger partial charge in [-0.05, 0) is 23.8 Å². The van der Waals surface area contributed by atoms with Gasteiger partial charge in [-0.2, -0.15) is 0 Å². The van der Waals surface area contributed by atoms with Crippen molar-refractivity contribution < 1.29 is 19.8 Å². The normalized spacial score (nSPS) is 16.4. The number of aliphatic carboxylic acids is 2. The average molecular weight is 442 g/mol. The molecule has 2 N–H and O–H groups in total. The summed E-state index contributed by atoms with van der Waals surface area (Å²) in [5.41, 5.74) is 2.49. The molecule has 2 aromatic carbocycles. The standard InChI is InChI=1S/C23H24ClN3O4/c24-17-5-3-4-16(12-17)13-25-8-10-26(11-9-25)22(23(30)31)19-14-27(15-21(28)29)20-7-2-1-6-18(19)20/h1-7,12,14,22H,8-11,13,15H2,(H,28,29)(H,30,31)/t22-/m1/s1. The molecule has 7 nitrogen and oxygen atoms in total. The van der Waals surface area contributed by atoms with Crippen molar-refractivity contribution in [1.29, 1.82) is 0 Å². The summed E-state index contributed by atoms with van der Waals surface area (Å²) >= 11 is 6.08. The molecule has 0 amide bonds. The van der Waals surface area contributed by atoms with Crippen LogP contribution in [0.25, 0.3) is 10.9 Å². The SMILES string of the molecule is O=C(O)Cn1cc([C@H](C(=O)O)N2CCN(Cc3cccc(Cl)c3)CC2)c2ccccc21. The number of hydrogen-bond donors (Lipinski definition) is 2. The number of carboxylic acids is 2. The molecule has 3 aromatic rings. The van der Waals surface area contributed by atoms with Crippen LogP contribution in [-0.4, -0.2) is 62.7 Å². The second-order valence-corrected chi connectivity index (χ2v) is 8.24. The molecule has 0 aliphatic carbocycles. The molecular weight excluding hydrogens is 418 g/mol. The Morgan fingerprint density at radius 2 is 1.74 bits per heavy atom. The van der Waals surface area contributed by atoms with Gasteiger partial charge in [0.2, 0.25) is 0 Å². The van der Waals surface area contributed by atoms with Crippen molar-refractivity contribution in [2.75, 3.05) is 26.2 Å². The molecule has 0 saturated carbocycles. The van der Waals surface area contributed by atoms with Crippen LogP contribution in [0, 0.1) is 0 Å². The summed E-state index contributed by atoms with van der Waals surface area (Å²) in [5, 5.41) is 20.8. The summed E-state index contributed by atoms with van der Waals surface area (Å²) in [5.74, 6) is -1.89. The summed E-state index contributed by atoms with van der Waals surface area (Å²) in [7, 11) is 0. The molecule has 1 aromatic heterocycles. The van der Waals surface area contributed by atoms with Crippen LogP contribution in [0.5, 0.6) is 0 Å². The van der Waals surface area contributed by atoms with Crippen molar-refractivity contribution in [1.82, 2.24) is 14.4 Å². The number of fused-ring (bicyclic) bond motifs is 1. The van der Waals surface area contributed by atoms with E-state index < -0.39 is 18.0 Å². The van der Waals surface area contributed by atoms with E-state index in [1.54, 1.807) is 10.8 Å². The van der Waals surface area contributed by atoms with Crippen LogP contribution in [0.1, 0.15) is 17.2 Å². The van der Waals surface area contributed by atoms with Crippen LogP contribution in [0.15, 0.2) is 54.7 Å². The van der Waals surface area contributed by atoms with E-state index in [-0.39, 0.29) is 6.54 Å². The number of halogens is 1. The lowest BCUT2D eigenvalue weighted by Crippen LogP contribution is -2.48. The van der Waals surface area contributed by atoms with Crippen LogP contribution in [0.2, 0.25) is 5.02 Å². The Labute approximate surface area is 185 Å². The number of carboxylic acid groups (broad SMARTS) is 2. The Morgan fingerprint density at radius 1 is 1.00 bits per heavy atom. The molecule has 1 saturated heterocycles. The summed E-state index contributed by atoms with van der Waals surface area (Å²) in [6.07, 6.45) is 1.68. The zero-order valence-electron chi connectivity index (χ0n) is 16.9. The van der Waals surface area contributed by atoms with E-state index in [1.807, 2.05) is 53.4 Å². The molecule has 4 rings (SSSR count).